The fraction of sp³-hybridized carbons (Fsp3) is 0.556. The zero-order valence-electron chi connectivity index (χ0n) is 14.6. The lowest BCUT2D eigenvalue weighted by atomic mass is 9.95. The van der Waals surface area contributed by atoms with Crippen molar-refractivity contribution in [3.05, 3.63) is 35.4 Å². The first-order chi connectivity index (χ1) is 11.4. The zero-order valence-corrected chi connectivity index (χ0v) is 14.6. The van der Waals surface area contributed by atoms with Crippen LogP contribution in [0.2, 0.25) is 0 Å². The number of nitrogens with two attached hydrogens (primary N) is 1. The van der Waals surface area contributed by atoms with Gasteiger partial charge in [0.05, 0.1) is 0 Å². The molecule has 132 valence electrons. The first kappa shape index (κ1) is 18.3. The number of hydrogen-bond acceptors (Lipinski definition) is 3. The summed E-state index contributed by atoms with van der Waals surface area (Å²) in [6, 6.07) is 8.20. The van der Waals surface area contributed by atoms with Gasteiger partial charge >= 0.3 is 6.03 Å². The van der Waals surface area contributed by atoms with Gasteiger partial charge < -0.3 is 20.9 Å². The summed E-state index contributed by atoms with van der Waals surface area (Å²) in [6.45, 7) is 2.76. The number of urea groups is 1. The second-order valence-corrected chi connectivity index (χ2v) is 6.84. The van der Waals surface area contributed by atoms with E-state index in [9.17, 15) is 9.59 Å². The molecule has 1 atom stereocenters. The number of carbonyl (C=O) groups is 2. The zero-order chi connectivity index (χ0) is 17.5. The third kappa shape index (κ3) is 5.85. The van der Waals surface area contributed by atoms with E-state index in [0.29, 0.717) is 19.5 Å². The second-order valence-electron chi connectivity index (χ2n) is 6.84. The third-order valence-corrected chi connectivity index (χ3v) is 4.26. The minimum Gasteiger partial charge on any atom is -0.370 e. The molecule has 1 fully saturated rings. The van der Waals surface area contributed by atoms with Crippen LogP contribution in [0, 0.1) is 5.92 Å². The van der Waals surface area contributed by atoms with Crippen LogP contribution in [0.5, 0.6) is 0 Å². The number of carbonyl (C=O) groups excluding carboxylic acids is 2. The number of amides is 3. The molecule has 1 aliphatic heterocycles. The van der Waals surface area contributed by atoms with E-state index in [1.165, 1.54) is 5.56 Å². The Morgan fingerprint density at radius 1 is 1.25 bits per heavy atom. The average Bonchev–Trinajstić information content (AvgIpc) is 2.53. The summed E-state index contributed by atoms with van der Waals surface area (Å²) in [7, 11) is 4.08. The number of piperidine rings is 1. The maximum atomic E-state index is 12.3. The highest BCUT2D eigenvalue weighted by Crippen LogP contribution is 2.19. The minimum atomic E-state index is -0.292. The number of primary amides is 1. The maximum Gasteiger partial charge on any atom is 0.317 e. The van der Waals surface area contributed by atoms with Crippen LogP contribution in [0.15, 0.2) is 24.3 Å². The van der Waals surface area contributed by atoms with Crippen molar-refractivity contribution in [2.75, 3.05) is 27.2 Å². The molecule has 1 heterocycles. The summed E-state index contributed by atoms with van der Waals surface area (Å²) >= 11 is 0. The monoisotopic (exact) mass is 332 g/mol. The summed E-state index contributed by atoms with van der Waals surface area (Å²) in [5, 5.41) is 2.96. The molecule has 0 bridgehead atoms. The van der Waals surface area contributed by atoms with E-state index in [2.05, 4.69) is 22.3 Å². The number of nitrogens with zero attached hydrogens (tertiary/aromatic N) is 2. The predicted octanol–water partition coefficient (Wildman–Crippen LogP) is 1.55. The molecule has 6 heteroatoms. The van der Waals surface area contributed by atoms with Crippen molar-refractivity contribution in [3.8, 4) is 0 Å². The van der Waals surface area contributed by atoms with Gasteiger partial charge in [-0.2, -0.15) is 0 Å². The first-order valence-corrected chi connectivity index (χ1v) is 8.47. The van der Waals surface area contributed by atoms with Crippen LogP contribution in [0.25, 0.3) is 0 Å². The Bertz CT molecular complexity index is 557. The Labute approximate surface area is 144 Å². The molecule has 0 radical (unpaired) electrons. The minimum absolute atomic E-state index is 0.0680. The van der Waals surface area contributed by atoms with Gasteiger partial charge in [0.25, 0.3) is 0 Å². The van der Waals surface area contributed by atoms with E-state index in [0.717, 1.165) is 31.5 Å². The van der Waals surface area contributed by atoms with Crippen molar-refractivity contribution >= 4 is 11.9 Å². The van der Waals surface area contributed by atoms with E-state index in [4.69, 9.17) is 5.73 Å². The highest BCUT2D eigenvalue weighted by molar-refractivity contribution is 5.75. The number of benzene rings is 1. The molecule has 0 spiro atoms. The Morgan fingerprint density at radius 3 is 2.54 bits per heavy atom. The average molecular weight is 332 g/mol. The van der Waals surface area contributed by atoms with Gasteiger partial charge in [-0.1, -0.05) is 24.3 Å². The molecule has 0 aromatic heterocycles. The molecular weight excluding hydrogens is 304 g/mol. The van der Waals surface area contributed by atoms with E-state index in [-0.39, 0.29) is 17.9 Å². The molecule has 1 saturated heterocycles. The normalized spacial score (nSPS) is 17.8. The van der Waals surface area contributed by atoms with Gasteiger partial charge in [-0.15, -0.1) is 0 Å². The largest absolute Gasteiger partial charge is 0.370 e. The molecule has 2 rings (SSSR count). The van der Waals surface area contributed by atoms with Crippen LogP contribution < -0.4 is 11.1 Å². The molecule has 3 N–H and O–H groups in total. The van der Waals surface area contributed by atoms with Gasteiger partial charge in [0, 0.05) is 32.6 Å². The van der Waals surface area contributed by atoms with Crippen LogP contribution >= 0.6 is 0 Å². The van der Waals surface area contributed by atoms with Crippen molar-refractivity contribution in [1.82, 2.24) is 15.1 Å². The van der Waals surface area contributed by atoms with Crippen LogP contribution in [-0.2, 0) is 17.9 Å². The summed E-state index contributed by atoms with van der Waals surface area (Å²) < 4.78 is 0. The number of nitrogens with one attached hydrogen (secondary N) is 1. The topological polar surface area (TPSA) is 78.7 Å². The van der Waals surface area contributed by atoms with Crippen molar-refractivity contribution in [2.45, 2.75) is 32.4 Å². The van der Waals surface area contributed by atoms with E-state index < -0.39 is 0 Å². The van der Waals surface area contributed by atoms with Gasteiger partial charge in [0.1, 0.15) is 0 Å². The molecule has 0 aliphatic carbocycles. The standard InChI is InChI=1S/C18H28N4O2/c1-21(2)12-15-7-5-14(6-8-15)11-20-18(24)22-9-3-4-16(13-22)10-17(19)23/h5-8,16H,3-4,9-13H2,1-2H3,(H2,19,23)(H,20,24). The molecule has 1 aromatic rings. The highest BCUT2D eigenvalue weighted by atomic mass is 16.2. The lowest BCUT2D eigenvalue weighted by Gasteiger charge is -2.32. The number of likely N-dealkylation sites (tertiary alicyclic amines) is 1. The van der Waals surface area contributed by atoms with Crippen LogP contribution in [-0.4, -0.2) is 48.9 Å². The lowest BCUT2D eigenvalue weighted by molar-refractivity contribution is -0.119. The molecule has 24 heavy (non-hydrogen) atoms. The smallest absolute Gasteiger partial charge is 0.317 e. The van der Waals surface area contributed by atoms with Gasteiger partial charge in [-0.3, -0.25) is 4.79 Å². The van der Waals surface area contributed by atoms with Gasteiger partial charge in [-0.25, -0.2) is 4.79 Å². The van der Waals surface area contributed by atoms with Gasteiger partial charge in [0.15, 0.2) is 0 Å². The van der Waals surface area contributed by atoms with E-state index >= 15 is 0 Å². The lowest BCUT2D eigenvalue weighted by Crippen LogP contribution is -2.45. The molecule has 3 amide bonds. The Morgan fingerprint density at radius 2 is 1.92 bits per heavy atom. The van der Waals surface area contributed by atoms with Crippen LogP contribution in [0.1, 0.15) is 30.4 Å². The number of hydrogen-bond donors (Lipinski definition) is 2. The van der Waals surface area contributed by atoms with Crippen molar-refractivity contribution < 1.29 is 9.59 Å². The fourth-order valence-electron chi connectivity index (χ4n) is 3.12. The Balaban J connectivity index is 1.80. The molecule has 1 unspecified atom stereocenters. The Hall–Kier alpha value is -2.08. The van der Waals surface area contributed by atoms with Crippen molar-refractivity contribution in [2.24, 2.45) is 11.7 Å². The van der Waals surface area contributed by atoms with E-state index in [1.807, 2.05) is 26.2 Å². The Kier molecular flexibility index (Phi) is 6.61. The van der Waals surface area contributed by atoms with E-state index in [1.54, 1.807) is 4.90 Å². The fourth-order valence-corrected chi connectivity index (χ4v) is 3.12. The SMILES string of the molecule is CN(C)Cc1ccc(CNC(=O)N2CCCC(CC(N)=O)C2)cc1. The van der Waals surface area contributed by atoms with Gasteiger partial charge in [-0.05, 0) is 44.0 Å². The summed E-state index contributed by atoms with van der Waals surface area (Å²) in [6.07, 6.45) is 2.24. The van der Waals surface area contributed by atoms with Crippen LogP contribution in [0.4, 0.5) is 4.79 Å². The van der Waals surface area contributed by atoms with Crippen molar-refractivity contribution in [1.29, 1.82) is 0 Å². The molecule has 1 aliphatic rings. The predicted molar refractivity (Wildman–Crippen MR) is 94.2 cm³/mol. The molecule has 1 aromatic carbocycles. The first-order valence-electron chi connectivity index (χ1n) is 8.47. The van der Waals surface area contributed by atoms with Crippen molar-refractivity contribution in [3.63, 3.8) is 0 Å². The highest BCUT2D eigenvalue weighted by Gasteiger charge is 2.24. The molecular formula is C18H28N4O2. The quantitative estimate of drug-likeness (QED) is 0.829. The maximum absolute atomic E-state index is 12.3. The summed E-state index contributed by atoms with van der Waals surface area (Å²) in [5.41, 5.74) is 7.59. The summed E-state index contributed by atoms with van der Waals surface area (Å²) in [5.74, 6) is -0.104. The third-order valence-electron chi connectivity index (χ3n) is 4.26. The van der Waals surface area contributed by atoms with Gasteiger partial charge in [0.2, 0.25) is 5.91 Å². The molecule has 6 nitrogen and oxygen atoms in total. The van der Waals surface area contributed by atoms with Crippen LogP contribution in [0.3, 0.4) is 0 Å². The second kappa shape index (κ2) is 8.68. The molecule has 0 saturated carbocycles. The number of rotatable bonds is 6. The summed E-state index contributed by atoms with van der Waals surface area (Å²) in [4.78, 5) is 27.3.